The summed E-state index contributed by atoms with van der Waals surface area (Å²) in [5, 5.41) is 0. The third-order valence-corrected chi connectivity index (χ3v) is 4.74. The smallest absolute Gasteiger partial charge is 0.255 e. The quantitative estimate of drug-likeness (QED) is 0.855. The van der Waals surface area contributed by atoms with Gasteiger partial charge in [0.2, 0.25) is 0 Å². The second kappa shape index (κ2) is 7.19. The molecule has 1 aromatic heterocycles. The zero-order valence-electron chi connectivity index (χ0n) is 14.6. The van der Waals surface area contributed by atoms with Gasteiger partial charge >= 0.3 is 0 Å². The first-order chi connectivity index (χ1) is 12.0. The molecular weight excluding hydrogens is 321 g/mol. The van der Waals surface area contributed by atoms with Gasteiger partial charge in [-0.1, -0.05) is 12.1 Å². The van der Waals surface area contributed by atoms with E-state index < -0.39 is 5.82 Å². The summed E-state index contributed by atoms with van der Waals surface area (Å²) in [7, 11) is 5.67. The molecule has 0 aliphatic carbocycles. The van der Waals surface area contributed by atoms with Crippen molar-refractivity contribution in [3.05, 3.63) is 59.7 Å². The number of carbonyl (C=O) groups excluding carboxylic acids is 1. The van der Waals surface area contributed by atoms with Crippen molar-refractivity contribution in [2.45, 2.75) is 12.0 Å². The van der Waals surface area contributed by atoms with Crippen LogP contribution in [0.4, 0.5) is 4.39 Å². The highest BCUT2D eigenvalue weighted by molar-refractivity contribution is 5.94. The van der Waals surface area contributed by atoms with Gasteiger partial charge in [-0.05, 0) is 37.9 Å². The number of aromatic nitrogens is 1. The molecule has 1 aliphatic rings. The zero-order chi connectivity index (χ0) is 18.0. The van der Waals surface area contributed by atoms with Crippen LogP contribution < -0.4 is 4.74 Å². The molecule has 25 heavy (non-hydrogen) atoms. The van der Waals surface area contributed by atoms with Crippen LogP contribution in [-0.2, 0) is 0 Å². The number of nitrogens with zero attached hydrogens (tertiary/aromatic N) is 3. The normalized spacial score (nSPS) is 20.1. The molecule has 0 spiro atoms. The predicted molar refractivity (Wildman–Crippen MR) is 93.3 cm³/mol. The molecule has 2 heterocycles. The maximum atomic E-state index is 13.4. The van der Waals surface area contributed by atoms with E-state index in [0.717, 1.165) is 17.5 Å². The Balaban J connectivity index is 1.83. The topological polar surface area (TPSA) is 45.7 Å². The monoisotopic (exact) mass is 343 g/mol. The number of benzene rings is 1. The molecule has 6 heteroatoms. The molecule has 1 fully saturated rings. The van der Waals surface area contributed by atoms with E-state index in [2.05, 4.69) is 9.88 Å². The molecular formula is C19H22FN3O2. The number of likely N-dealkylation sites (tertiary alicyclic amines) is 1. The highest BCUT2D eigenvalue weighted by Gasteiger charge is 2.37. The molecule has 1 amide bonds. The summed E-state index contributed by atoms with van der Waals surface area (Å²) < 4.78 is 18.6. The fourth-order valence-electron chi connectivity index (χ4n) is 3.37. The van der Waals surface area contributed by atoms with Crippen LogP contribution in [-0.4, -0.2) is 61.0 Å². The highest BCUT2D eigenvalue weighted by Crippen LogP contribution is 2.32. The van der Waals surface area contributed by atoms with Gasteiger partial charge in [-0.2, -0.15) is 0 Å². The second-order valence-corrected chi connectivity index (χ2v) is 6.51. The number of likely N-dealkylation sites (N-methyl/N-ethyl adjacent to an activating group) is 1. The van der Waals surface area contributed by atoms with Gasteiger partial charge in [0.25, 0.3) is 5.91 Å². The lowest BCUT2D eigenvalue weighted by Gasteiger charge is -2.25. The predicted octanol–water partition coefficient (Wildman–Crippen LogP) is 2.40. The summed E-state index contributed by atoms with van der Waals surface area (Å²) in [5.41, 5.74) is 1.44. The molecule has 0 N–H and O–H groups in total. The number of hydrogen-bond donors (Lipinski definition) is 0. The van der Waals surface area contributed by atoms with Crippen molar-refractivity contribution in [1.82, 2.24) is 14.8 Å². The Morgan fingerprint density at radius 2 is 1.96 bits per heavy atom. The number of pyridine rings is 1. The van der Waals surface area contributed by atoms with Crippen LogP contribution in [0, 0.1) is 5.82 Å². The number of hydrogen-bond acceptors (Lipinski definition) is 4. The summed E-state index contributed by atoms with van der Waals surface area (Å²) in [6.07, 6.45) is 2.51. The minimum Gasteiger partial charge on any atom is -0.497 e. The summed E-state index contributed by atoms with van der Waals surface area (Å²) in [5.74, 6) is 0.309. The molecule has 132 valence electrons. The van der Waals surface area contributed by atoms with Crippen LogP contribution in [0.25, 0.3) is 0 Å². The van der Waals surface area contributed by atoms with Crippen molar-refractivity contribution in [3.8, 4) is 5.75 Å². The van der Waals surface area contributed by atoms with E-state index in [-0.39, 0.29) is 23.4 Å². The fraction of sp³-hybridized carbons (Fsp3) is 0.368. The molecule has 5 nitrogen and oxygen atoms in total. The molecule has 0 radical (unpaired) electrons. The zero-order valence-corrected chi connectivity index (χ0v) is 14.6. The summed E-state index contributed by atoms with van der Waals surface area (Å²) in [6.45, 7) is 1.18. The number of amides is 1. The fourth-order valence-corrected chi connectivity index (χ4v) is 3.37. The van der Waals surface area contributed by atoms with Crippen LogP contribution in [0.2, 0.25) is 0 Å². The van der Waals surface area contributed by atoms with Gasteiger partial charge in [-0.25, -0.2) is 4.39 Å². The minimum absolute atomic E-state index is 0.185. The van der Waals surface area contributed by atoms with Crippen LogP contribution in [0.5, 0.6) is 5.75 Å². The second-order valence-electron chi connectivity index (χ2n) is 6.51. The van der Waals surface area contributed by atoms with Crippen LogP contribution in [0.3, 0.4) is 0 Å². The van der Waals surface area contributed by atoms with Crippen molar-refractivity contribution in [1.29, 1.82) is 0 Å². The van der Waals surface area contributed by atoms with E-state index in [9.17, 15) is 9.18 Å². The van der Waals surface area contributed by atoms with Crippen molar-refractivity contribution in [2.24, 2.45) is 0 Å². The summed E-state index contributed by atoms with van der Waals surface area (Å²) in [4.78, 5) is 20.4. The molecule has 2 aromatic rings. The largest absolute Gasteiger partial charge is 0.497 e. The van der Waals surface area contributed by atoms with Gasteiger partial charge in [0.15, 0.2) is 0 Å². The van der Waals surface area contributed by atoms with Gasteiger partial charge in [-0.15, -0.1) is 0 Å². The standard InChI is InChI=1S/C19H22FN3O2/c1-22(2)18-12-23(19(24)14-8-15(20)10-21-9-14)11-17(18)13-4-6-16(25-3)7-5-13/h4-10,17-18H,11-12H2,1-3H3/t17-,18+/m0/s1. The van der Waals surface area contributed by atoms with Crippen molar-refractivity contribution < 1.29 is 13.9 Å². The van der Waals surface area contributed by atoms with Gasteiger partial charge in [0, 0.05) is 31.2 Å². The molecule has 0 bridgehead atoms. The first kappa shape index (κ1) is 17.4. The minimum atomic E-state index is -0.499. The van der Waals surface area contributed by atoms with Crippen molar-refractivity contribution in [3.63, 3.8) is 0 Å². The summed E-state index contributed by atoms with van der Waals surface area (Å²) >= 11 is 0. The van der Waals surface area contributed by atoms with Gasteiger partial charge in [-0.3, -0.25) is 9.78 Å². The van der Waals surface area contributed by atoms with E-state index >= 15 is 0 Å². The lowest BCUT2D eigenvalue weighted by atomic mass is 9.93. The Kier molecular flexibility index (Phi) is 4.99. The molecule has 0 unspecified atom stereocenters. The lowest BCUT2D eigenvalue weighted by Crippen LogP contribution is -2.35. The Morgan fingerprint density at radius 3 is 2.56 bits per heavy atom. The van der Waals surface area contributed by atoms with E-state index in [1.807, 2.05) is 38.4 Å². The van der Waals surface area contributed by atoms with Gasteiger partial charge < -0.3 is 14.5 Å². The van der Waals surface area contributed by atoms with E-state index in [4.69, 9.17) is 4.74 Å². The highest BCUT2D eigenvalue weighted by atomic mass is 19.1. The van der Waals surface area contributed by atoms with Crippen molar-refractivity contribution in [2.75, 3.05) is 34.3 Å². The van der Waals surface area contributed by atoms with Crippen LogP contribution >= 0.6 is 0 Å². The Morgan fingerprint density at radius 1 is 1.24 bits per heavy atom. The van der Waals surface area contributed by atoms with Gasteiger partial charge in [0.1, 0.15) is 11.6 Å². The number of carbonyl (C=O) groups is 1. The van der Waals surface area contributed by atoms with E-state index in [0.29, 0.717) is 13.1 Å². The third kappa shape index (κ3) is 3.64. The maximum Gasteiger partial charge on any atom is 0.255 e. The molecule has 0 saturated carbocycles. The first-order valence-electron chi connectivity index (χ1n) is 8.20. The molecule has 1 aliphatic heterocycles. The lowest BCUT2D eigenvalue weighted by molar-refractivity contribution is 0.0781. The number of rotatable bonds is 4. The van der Waals surface area contributed by atoms with Crippen LogP contribution in [0.15, 0.2) is 42.7 Å². The molecule has 3 rings (SSSR count). The first-order valence-corrected chi connectivity index (χ1v) is 8.20. The summed E-state index contributed by atoms with van der Waals surface area (Å²) in [6, 6.07) is 9.38. The number of methoxy groups -OCH3 is 1. The molecule has 2 atom stereocenters. The average Bonchev–Trinajstić information content (AvgIpc) is 3.07. The number of halogens is 1. The Hall–Kier alpha value is -2.47. The van der Waals surface area contributed by atoms with Gasteiger partial charge in [0.05, 0.1) is 18.9 Å². The SMILES string of the molecule is COc1ccc([C@@H]2CN(C(=O)c3cncc(F)c3)C[C@H]2N(C)C)cc1. The Bertz CT molecular complexity index is 749. The molecule has 1 aromatic carbocycles. The van der Waals surface area contributed by atoms with E-state index in [1.165, 1.54) is 12.3 Å². The van der Waals surface area contributed by atoms with Crippen molar-refractivity contribution >= 4 is 5.91 Å². The number of ether oxygens (including phenoxy) is 1. The van der Waals surface area contributed by atoms with E-state index in [1.54, 1.807) is 12.0 Å². The Labute approximate surface area is 147 Å². The molecule has 1 saturated heterocycles. The maximum absolute atomic E-state index is 13.4. The van der Waals surface area contributed by atoms with Crippen LogP contribution in [0.1, 0.15) is 21.8 Å². The third-order valence-electron chi connectivity index (χ3n) is 4.74. The average molecular weight is 343 g/mol.